The summed E-state index contributed by atoms with van der Waals surface area (Å²) in [6.07, 6.45) is 5.63. The van der Waals surface area contributed by atoms with E-state index in [1.165, 1.54) is 25.7 Å². The van der Waals surface area contributed by atoms with Crippen molar-refractivity contribution in [2.24, 2.45) is 0 Å². The van der Waals surface area contributed by atoms with Crippen molar-refractivity contribution in [2.75, 3.05) is 21.2 Å². The van der Waals surface area contributed by atoms with Crippen molar-refractivity contribution >= 4 is 0 Å². The van der Waals surface area contributed by atoms with Gasteiger partial charge in [-0.15, -0.1) is 0 Å². The molecule has 0 bridgehead atoms. The average molecular weight is 157 g/mol. The van der Waals surface area contributed by atoms with E-state index in [0.717, 1.165) is 6.04 Å². The van der Waals surface area contributed by atoms with Gasteiger partial charge < -0.3 is 9.64 Å². The summed E-state index contributed by atoms with van der Waals surface area (Å²) >= 11 is 0. The molecule has 2 atom stereocenters. The molecule has 2 heteroatoms. The van der Waals surface area contributed by atoms with Crippen LogP contribution in [-0.4, -0.2) is 38.3 Å². The molecule has 11 heavy (non-hydrogen) atoms. The van der Waals surface area contributed by atoms with Gasteiger partial charge in [-0.2, -0.15) is 0 Å². The van der Waals surface area contributed by atoms with Crippen LogP contribution in [0.2, 0.25) is 0 Å². The topological polar surface area (TPSA) is 12.5 Å². The minimum Gasteiger partial charge on any atom is -0.381 e. The van der Waals surface area contributed by atoms with Gasteiger partial charge in [0, 0.05) is 13.2 Å². The zero-order valence-corrected chi connectivity index (χ0v) is 7.84. The van der Waals surface area contributed by atoms with E-state index in [-0.39, 0.29) is 0 Å². The summed E-state index contributed by atoms with van der Waals surface area (Å²) in [4.78, 5) is 2.31. The summed E-state index contributed by atoms with van der Waals surface area (Å²) in [6.45, 7) is 0. The number of hydrogen-bond acceptors (Lipinski definition) is 2. The van der Waals surface area contributed by atoms with Crippen molar-refractivity contribution in [1.29, 1.82) is 0 Å². The van der Waals surface area contributed by atoms with E-state index in [2.05, 4.69) is 19.0 Å². The van der Waals surface area contributed by atoms with Crippen LogP contribution in [-0.2, 0) is 4.74 Å². The van der Waals surface area contributed by atoms with Crippen LogP contribution in [0.1, 0.15) is 25.7 Å². The summed E-state index contributed by atoms with van der Waals surface area (Å²) in [5.74, 6) is 0. The van der Waals surface area contributed by atoms with Gasteiger partial charge in [0.1, 0.15) is 0 Å². The molecule has 1 aliphatic rings. The minimum atomic E-state index is 0.510. The highest BCUT2D eigenvalue weighted by atomic mass is 16.5. The van der Waals surface area contributed by atoms with Gasteiger partial charge in [0.25, 0.3) is 0 Å². The first-order valence-corrected chi connectivity index (χ1v) is 4.43. The average Bonchev–Trinajstić information content (AvgIpc) is 2.05. The fourth-order valence-corrected chi connectivity index (χ4v) is 1.80. The Balaban J connectivity index is 2.33. The Labute approximate surface area is 69.5 Å². The van der Waals surface area contributed by atoms with Crippen LogP contribution in [0.4, 0.5) is 0 Å². The van der Waals surface area contributed by atoms with Gasteiger partial charge in [0.2, 0.25) is 0 Å². The second-order valence-electron chi connectivity index (χ2n) is 3.64. The van der Waals surface area contributed by atoms with Gasteiger partial charge in [-0.05, 0) is 39.8 Å². The van der Waals surface area contributed by atoms with Crippen LogP contribution in [0.3, 0.4) is 0 Å². The molecular weight excluding hydrogens is 138 g/mol. The maximum absolute atomic E-state index is 5.34. The molecule has 0 N–H and O–H groups in total. The molecule has 1 rings (SSSR count). The molecule has 1 fully saturated rings. The van der Waals surface area contributed by atoms with Crippen LogP contribution < -0.4 is 0 Å². The van der Waals surface area contributed by atoms with E-state index < -0.39 is 0 Å². The lowest BCUT2D eigenvalue weighted by atomic mass is 9.92. The Morgan fingerprint density at radius 3 is 2.55 bits per heavy atom. The second kappa shape index (κ2) is 4.07. The highest BCUT2D eigenvalue weighted by molar-refractivity contribution is 4.77. The third-order valence-corrected chi connectivity index (χ3v) is 2.66. The van der Waals surface area contributed by atoms with Crippen LogP contribution in [0.15, 0.2) is 0 Å². The third-order valence-electron chi connectivity index (χ3n) is 2.66. The van der Waals surface area contributed by atoms with Gasteiger partial charge >= 0.3 is 0 Å². The first-order valence-electron chi connectivity index (χ1n) is 4.43. The predicted octanol–water partition coefficient (Wildman–Crippen LogP) is 1.51. The fraction of sp³-hybridized carbons (Fsp3) is 1.00. The monoisotopic (exact) mass is 157 g/mol. The first-order chi connectivity index (χ1) is 5.24. The van der Waals surface area contributed by atoms with Crippen molar-refractivity contribution in [1.82, 2.24) is 4.90 Å². The van der Waals surface area contributed by atoms with E-state index in [9.17, 15) is 0 Å². The zero-order chi connectivity index (χ0) is 8.27. The maximum atomic E-state index is 5.34. The molecule has 0 saturated heterocycles. The van der Waals surface area contributed by atoms with Crippen molar-refractivity contribution in [2.45, 2.75) is 37.8 Å². The predicted molar refractivity (Wildman–Crippen MR) is 46.7 cm³/mol. The molecule has 0 unspecified atom stereocenters. The molecule has 0 spiro atoms. The number of hydrogen-bond donors (Lipinski definition) is 0. The van der Waals surface area contributed by atoms with E-state index >= 15 is 0 Å². The van der Waals surface area contributed by atoms with E-state index in [0.29, 0.717) is 6.10 Å². The highest BCUT2D eigenvalue weighted by Gasteiger charge is 2.22. The van der Waals surface area contributed by atoms with Crippen molar-refractivity contribution < 1.29 is 4.74 Å². The molecule has 0 radical (unpaired) electrons. The largest absolute Gasteiger partial charge is 0.381 e. The van der Waals surface area contributed by atoms with Gasteiger partial charge in [0.15, 0.2) is 0 Å². The van der Waals surface area contributed by atoms with Crippen molar-refractivity contribution in [3.8, 4) is 0 Å². The van der Waals surface area contributed by atoms with Crippen LogP contribution in [0.5, 0.6) is 0 Å². The summed E-state index contributed by atoms with van der Waals surface area (Å²) in [7, 11) is 6.13. The summed E-state index contributed by atoms with van der Waals surface area (Å²) in [6, 6.07) is 0.744. The van der Waals surface area contributed by atoms with Crippen molar-refractivity contribution in [3.63, 3.8) is 0 Å². The maximum Gasteiger partial charge on any atom is 0.0586 e. The molecule has 66 valence electrons. The zero-order valence-electron chi connectivity index (χ0n) is 7.84. The lowest BCUT2D eigenvalue weighted by Gasteiger charge is -2.32. The fourth-order valence-electron chi connectivity index (χ4n) is 1.80. The molecule has 0 aliphatic heterocycles. The van der Waals surface area contributed by atoms with E-state index in [1.54, 1.807) is 0 Å². The number of ether oxygens (including phenoxy) is 1. The summed E-state index contributed by atoms with van der Waals surface area (Å²) in [5, 5.41) is 0. The van der Waals surface area contributed by atoms with Crippen LogP contribution >= 0.6 is 0 Å². The molecule has 0 aromatic rings. The summed E-state index contributed by atoms with van der Waals surface area (Å²) < 4.78 is 5.34. The first kappa shape index (κ1) is 9.01. The third kappa shape index (κ3) is 2.46. The smallest absolute Gasteiger partial charge is 0.0586 e. The van der Waals surface area contributed by atoms with Gasteiger partial charge in [0.05, 0.1) is 6.10 Å². The van der Waals surface area contributed by atoms with E-state index in [4.69, 9.17) is 4.74 Å². The lowest BCUT2D eigenvalue weighted by Crippen LogP contribution is -2.35. The van der Waals surface area contributed by atoms with Gasteiger partial charge in [-0.1, -0.05) is 0 Å². The number of nitrogens with zero attached hydrogens (tertiary/aromatic N) is 1. The number of rotatable bonds is 2. The number of methoxy groups -OCH3 is 1. The molecule has 2 nitrogen and oxygen atoms in total. The van der Waals surface area contributed by atoms with Crippen LogP contribution in [0, 0.1) is 0 Å². The Morgan fingerprint density at radius 1 is 1.27 bits per heavy atom. The molecule has 1 saturated carbocycles. The standard InChI is InChI=1S/C9H19NO/c1-10(2)8-5-4-6-9(7-8)11-3/h8-9H,4-7H2,1-3H3/t8-,9-/m1/s1. The minimum absolute atomic E-state index is 0.510. The normalized spacial score (nSPS) is 32.7. The quantitative estimate of drug-likeness (QED) is 0.602. The summed E-state index contributed by atoms with van der Waals surface area (Å²) in [5.41, 5.74) is 0. The van der Waals surface area contributed by atoms with Crippen molar-refractivity contribution in [3.05, 3.63) is 0 Å². The molecule has 0 aromatic carbocycles. The SMILES string of the molecule is CO[C@@H]1CCC[C@@H](N(C)C)C1. The van der Waals surface area contributed by atoms with E-state index in [1.807, 2.05) is 7.11 Å². The Hall–Kier alpha value is -0.0800. The van der Waals surface area contributed by atoms with Gasteiger partial charge in [-0.25, -0.2) is 0 Å². The second-order valence-corrected chi connectivity index (χ2v) is 3.64. The molecule has 1 aliphatic carbocycles. The highest BCUT2D eigenvalue weighted by Crippen LogP contribution is 2.22. The molecule has 0 heterocycles. The lowest BCUT2D eigenvalue weighted by molar-refractivity contribution is 0.0401. The molecule has 0 aromatic heterocycles. The molecule has 0 amide bonds. The Kier molecular flexibility index (Phi) is 3.34. The van der Waals surface area contributed by atoms with Gasteiger partial charge in [-0.3, -0.25) is 0 Å². The van der Waals surface area contributed by atoms with Crippen LogP contribution in [0.25, 0.3) is 0 Å². The Morgan fingerprint density at radius 2 is 2.00 bits per heavy atom. The Bertz CT molecular complexity index is 114. The molecular formula is C9H19NO.